The highest BCUT2D eigenvalue weighted by Gasteiger charge is 2.12. The number of amides is 2. The second-order valence-corrected chi connectivity index (χ2v) is 6.65. The Morgan fingerprint density at radius 2 is 1.30 bits per heavy atom. The molecule has 0 bridgehead atoms. The van der Waals surface area contributed by atoms with E-state index in [1.165, 1.54) is 12.1 Å². The molecule has 3 aromatic rings. The second-order valence-electron chi connectivity index (χ2n) is 6.21. The normalized spacial score (nSPS) is 10.2. The van der Waals surface area contributed by atoms with Crippen LogP contribution in [0.15, 0.2) is 72.8 Å². The van der Waals surface area contributed by atoms with Crippen LogP contribution in [0.2, 0.25) is 5.02 Å². The lowest BCUT2D eigenvalue weighted by molar-refractivity contribution is -0.125. The zero-order chi connectivity index (χ0) is 21.5. The summed E-state index contributed by atoms with van der Waals surface area (Å²) >= 11 is 5.75. The lowest BCUT2D eigenvalue weighted by Crippen LogP contribution is -2.43. The quantitative estimate of drug-likeness (QED) is 0.430. The molecule has 2 amide bonds. The minimum absolute atomic E-state index is 0.168. The predicted octanol–water partition coefficient (Wildman–Crippen LogP) is 3.33. The molecule has 152 valence electrons. The molecule has 0 fully saturated rings. The van der Waals surface area contributed by atoms with Crippen LogP contribution >= 0.6 is 11.6 Å². The minimum atomic E-state index is -0.689. The van der Waals surface area contributed by atoms with Gasteiger partial charge in [-0.15, -0.1) is 0 Å². The number of hydrazine groups is 1. The van der Waals surface area contributed by atoms with Gasteiger partial charge in [-0.2, -0.15) is 0 Å². The van der Waals surface area contributed by atoms with E-state index in [4.69, 9.17) is 16.3 Å². The second kappa shape index (κ2) is 9.58. The van der Waals surface area contributed by atoms with Crippen LogP contribution in [0, 0.1) is 0 Å². The fraction of sp³-hybridized carbons (Fsp3) is 0.0455. The van der Waals surface area contributed by atoms with Crippen molar-refractivity contribution in [3.8, 4) is 16.9 Å². The number of hydrogen-bond donors (Lipinski definition) is 3. The third-order valence-electron chi connectivity index (χ3n) is 4.08. The number of phenolic OH excluding ortho intramolecular Hbond substituents is 1. The average Bonchev–Trinajstić information content (AvgIpc) is 2.77. The fourth-order valence-electron chi connectivity index (χ4n) is 2.50. The van der Waals surface area contributed by atoms with Crippen LogP contribution in [0.3, 0.4) is 0 Å². The van der Waals surface area contributed by atoms with Gasteiger partial charge in [0.25, 0.3) is 11.8 Å². The van der Waals surface area contributed by atoms with Gasteiger partial charge in [-0.25, -0.2) is 4.79 Å². The first-order valence-electron chi connectivity index (χ1n) is 8.84. The summed E-state index contributed by atoms with van der Waals surface area (Å²) in [4.78, 5) is 35.8. The number of phenols is 1. The summed E-state index contributed by atoms with van der Waals surface area (Å²) in [6.45, 7) is -0.556. The number of benzene rings is 3. The summed E-state index contributed by atoms with van der Waals surface area (Å²) < 4.78 is 4.95. The van der Waals surface area contributed by atoms with Crippen LogP contribution in [0.1, 0.15) is 20.7 Å². The summed E-state index contributed by atoms with van der Waals surface area (Å²) in [7, 11) is 0. The Kier molecular flexibility index (Phi) is 6.67. The summed E-state index contributed by atoms with van der Waals surface area (Å²) in [5.74, 6) is -1.73. The van der Waals surface area contributed by atoms with Gasteiger partial charge in [0.1, 0.15) is 5.75 Å². The number of hydrogen-bond acceptors (Lipinski definition) is 5. The Labute approximate surface area is 177 Å². The van der Waals surface area contributed by atoms with Crippen molar-refractivity contribution in [1.29, 1.82) is 0 Å². The zero-order valence-electron chi connectivity index (χ0n) is 15.6. The summed E-state index contributed by atoms with van der Waals surface area (Å²) in [5, 5.41) is 9.82. The van der Waals surface area contributed by atoms with Gasteiger partial charge >= 0.3 is 5.97 Å². The van der Waals surface area contributed by atoms with Crippen molar-refractivity contribution in [1.82, 2.24) is 10.9 Å². The van der Waals surface area contributed by atoms with Crippen molar-refractivity contribution in [2.45, 2.75) is 0 Å². The first kappa shape index (κ1) is 20.9. The molecule has 3 rings (SSSR count). The summed E-state index contributed by atoms with van der Waals surface area (Å²) in [6, 6.07) is 19.4. The summed E-state index contributed by atoms with van der Waals surface area (Å²) in [6.07, 6.45) is 0. The largest absolute Gasteiger partial charge is 0.508 e. The SMILES string of the molecule is O=C(COC(=O)c1ccc(-c2ccc(O)cc2)cc1)NNC(=O)c1ccc(Cl)cc1. The van der Waals surface area contributed by atoms with Crippen LogP contribution in [-0.2, 0) is 9.53 Å². The van der Waals surface area contributed by atoms with Gasteiger partial charge in [-0.3, -0.25) is 20.4 Å². The Balaban J connectivity index is 1.47. The van der Waals surface area contributed by atoms with Crippen molar-refractivity contribution >= 4 is 29.4 Å². The Hall–Kier alpha value is -3.84. The average molecular weight is 425 g/mol. The topological polar surface area (TPSA) is 105 Å². The molecule has 7 nitrogen and oxygen atoms in total. The Bertz CT molecular complexity index is 1050. The molecule has 0 atom stereocenters. The van der Waals surface area contributed by atoms with Gasteiger partial charge < -0.3 is 9.84 Å². The number of carbonyl (C=O) groups excluding carboxylic acids is 3. The first-order valence-corrected chi connectivity index (χ1v) is 9.21. The smallest absolute Gasteiger partial charge is 0.338 e. The fourth-order valence-corrected chi connectivity index (χ4v) is 2.63. The van der Waals surface area contributed by atoms with E-state index < -0.39 is 24.4 Å². The van der Waals surface area contributed by atoms with E-state index >= 15 is 0 Å². The van der Waals surface area contributed by atoms with Crippen molar-refractivity contribution in [2.75, 3.05) is 6.61 Å². The van der Waals surface area contributed by atoms with Gasteiger partial charge in [0.15, 0.2) is 6.61 Å². The molecule has 0 aromatic heterocycles. The maximum Gasteiger partial charge on any atom is 0.338 e. The Morgan fingerprint density at radius 3 is 1.90 bits per heavy atom. The molecule has 0 aliphatic carbocycles. The molecule has 0 spiro atoms. The molecule has 3 aromatic carbocycles. The molecule has 0 saturated heterocycles. The molecule has 3 N–H and O–H groups in total. The standard InChI is InChI=1S/C22H17ClN2O5/c23-18-9-5-16(6-10-18)21(28)25-24-20(27)13-30-22(29)17-3-1-14(2-4-17)15-7-11-19(26)12-8-15/h1-12,26H,13H2,(H,24,27)(H,25,28). The molecule has 0 heterocycles. The number of rotatable bonds is 5. The van der Waals surface area contributed by atoms with E-state index in [2.05, 4.69) is 10.9 Å². The van der Waals surface area contributed by atoms with E-state index in [9.17, 15) is 19.5 Å². The predicted molar refractivity (Wildman–Crippen MR) is 111 cm³/mol. The molecule has 0 radical (unpaired) electrons. The molecule has 0 saturated carbocycles. The van der Waals surface area contributed by atoms with Crippen molar-refractivity contribution < 1.29 is 24.2 Å². The number of ether oxygens (including phenoxy) is 1. The van der Waals surface area contributed by atoms with Gasteiger partial charge in [0.05, 0.1) is 5.56 Å². The molecule has 30 heavy (non-hydrogen) atoms. The Morgan fingerprint density at radius 1 is 0.767 bits per heavy atom. The van der Waals surface area contributed by atoms with E-state index in [-0.39, 0.29) is 11.3 Å². The number of aromatic hydroxyl groups is 1. The van der Waals surface area contributed by atoms with E-state index in [0.29, 0.717) is 10.6 Å². The van der Waals surface area contributed by atoms with Crippen LogP contribution in [0.4, 0.5) is 0 Å². The van der Waals surface area contributed by atoms with Gasteiger partial charge in [0.2, 0.25) is 0 Å². The van der Waals surface area contributed by atoms with E-state index in [1.54, 1.807) is 60.7 Å². The summed E-state index contributed by atoms with van der Waals surface area (Å²) in [5.41, 5.74) is 6.71. The van der Waals surface area contributed by atoms with Crippen molar-refractivity contribution in [3.63, 3.8) is 0 Å². The lowest BCUT2D eigenvalue weighted by atomic mass is 10.0. The van der Waals surface area contributed by atoms with Crippen LogP contribution in [0.5, 0.6) is 5.75 Å². The maximum absolute atomic E-state index is 12.1. The first-order chi connectivity index (χ1) is 14.4. The van der Waals surface area contributed by atoms with Crippen LogP contribution < -0.4 is 10.9 Å². The van der Waals surface area contributed by atoms with Gasteiger partial charge in [-0.1, -0.05) is 35.9 Å². The number of nitrogens with one attached hydrogen (secondary N) is 2. The maximum atomic E-state index is 12.1. The van der Waals surface area contributed by atoms with Crippen molar-refractivity contribution in [3.05, 3.63) is 88.9 Å². The number of carbonyl (C=O) groups is 3. The van der Waals surface area contributed by atoms with Crippen LogP contribution in [0.25, 0.3) is 11.1 Å². The van der Waals surface area contributed by atoms with Crippen molar-refractivity contribution in [2.24, 2.45) is 0 Å². The molecular weight excluding hydrogens is 408 g/mol. The molecule has 0 aliphatic rings. The molecular formula is C22H17ClN2O5. The lowest BCUT2D eigenvalue weighted by Gasteiger charge is -2.09. The van der Waals surface area contributed by atoms with Gasteiger partial charge in [-0.05, 0) is 59.7 Å². The number of esters is 1. The highest BCUT2D eigenvalue weighted by Crippen LogP contribution is 2.22. The highest BCUT2D eigenvalue weighted by molar-refractivity contribution is 6.30. The van der Waals surface area contributed by atoms with E-state index in [0.717, 1.165) is 11.1 Å². The third kappa shape index (κ3) is 5.59. The van der Waals surface area contributed by atoms with E-state index in [1.807, 2.05) is 0 Å². The third-order valence-corrected chi connectivity index (χ3v) is 4.33. The highest BCUT2D eigenvalue weighted by atomic mass is 35.5. The van der Waals surface area contributed by atoms with Crippen LogP contribution in [-0.4, -0.2) is 29.5 Å². The molecule has 0 aliphatic heterocycles. The zero-order valence-corrected chi connectivity index (χ0v) is 16.3. The minimum Gasteiger partial charge on any atom is -0.508 e. The molecule has 0 unspecified atom stereocenters. The van der Waals surface area contributed by atoms with Gasteiger partial charge in [0, 0.05) is 10.6 Å². The monoisotopic (exact) mass is 424 g/mol. The molecule has 8 heteroatoms. The number of halogens is 1.